The second-order valence-corrected chi connectivity index (χ2v) is 7.01. The van der Waals surface area contributed by atoms with E-state index >= 15 is 0 Å². The van der Waals surface area contributed by atoms with Crippen LogP contribution in [0.5, 0.6) is 0 Å². The lowest BCUT2D eigenvalue weighted by Gasteiger charge is -2.45. The summed E-state index contributed by atoms with van der Waals surface area (Å²) in [4.78, 5) is 5.07. The third kappa shape index (κ3) is 2.64. The molecule has 0 radical (unpaired) electrons. The van der Waals surface area contributed by atoms with E-state index in [9.17, 15) is 0 Å². The summed E-state index contributed by atoms with van der Waals surface area (Å²) < 4.78 is 0. The van der Waals surface area contributed by atoms with Gasteiger partial charge in [0.25, 0.3) is 0 Å². The molecule has 0 aromatic carbocycles. The van der Waals surface area contributed by atoms with E-state index in [0.29, 0.717) is 6.04 Å². The lowest BCUT2D eigenvalue weighted by molar-refractivity contribution is 0.134. The van der Waals surface area contributed by atoms with Crippen LogP contribution < -0.4 is 0 Å². The van der Waals surface area contributed by atoms with Crippen molar-refractivity contribution in [3.8, 4) is 0 Å². The van der Waals surface area contributed by atoms with Crippen LogP contribution in [0.25, 0.3) is 0 Å². The minimum atomic E-state index is 0.287. The van der Waals surface area contributed by atoms with Crippen molar-refractivity contribution in [2.75, 3.05) is 19.6 Å². The van der Waals surface area contributed by atoms with Crippen LogP contribution in [0, 0.1) is 0 Å². The smallest absolute Gasteiger partial charge is 0.0404 e. The summed E-state index contributed by atoms with van der Waals surface area (Å²) in [7, 11) is 0. The van der Waals surface area contributed by atoms with E-state index in [1.165, 1.54) is 18.7 Å². The van der Waals surface area contributed by atoms with E-state index in [4.69, 9.17) is 0 Å². The van der Waals surface area contributed by atoms with E-state index in [2.05, 4.69) is 51.0 Å². The van der Waals surface area contributed by atoms with Gasteiger partial charge in [-0.15, -0.1) is 0 Å². The minimum absolute atomic E-state index is 0.287. The predicted molar refractivity (Wildman–Crippen MR) is 78.6 cm³/mol. The van der Waals surface area contributed by atoms with Crippen LogP contribution >= 0.6 is 0 Å². The van der Waals surface area contributed by atoms with Crippen molar-refractivity contribution in [2.45, 2.75) is 59.0 Å². The van der Waals surface area contributed by atoms with E-state index < -0.39 is 0 Å². The highest BCUT2D eigenvalue weighted by molar-refractivity contribution is 5.30. The van der Waals surface area contributed by atoms with Crippen molar-refractivity contribution in [3.63, 3.8) is 0 Å². The first-order chi connectivity index (χ1) is 8.29. The summed E-state index contributed by atoms with van der Waals surface area (Å²) >= 11 is 0. The maximum absolute atomic E-state index is 4.25. The van der Waals surface area contributed by atoms with E-state index in [1.54, 1.807) is 11.1 Å². The maximum atomic E-state index is 4.25. The Balaban J connectivity index is 2.15. The van der Waals surface area contributed by atoms with Gasteiger partial charge in [0.15, 0.2) is 0 Å². The summed E-state index contributed by atoms with van der Waals surface area (Å²) in [5.41, 5.74) is 4.91. The highest BCUT2D eigenvalue weighted by Gasteiger charge is 2.31. The van der Waals surface area contributed by atoms with Crippen LogP contribution in [0.15, 0.2) is 23.4 Å². The molecule has 0 saturated heterocycles. The van der Waals surface area contributed by atoms with Crippen molar-refractivity contribution in [2.24, 2.45) is 0 Å². The van der Waals surface area contributed by atoms with Gasteiger partial charge < -0.3 is 4.90 Å². The summed E-state index contributed by atoms with van der Waals surface area (Å²) in [5.74, 6) is 0. The number of rotatable bonds is 1. The van der Waals surface area contributed by atoms with Gasteiger partial charge in [-0.2, -0.15) is 0 Å². The molecule has 0 bridgehead atoms. The maximum Gasteiger partial charge on any atom is 0.0404 e. The monoisotopic (exact) mass is 248 g/mol. The summed E-state index contributed by atoms with van der Waals surface area (Å²) in [5, 5.41) is 0. The molecule has 102 valence electrons. The van der Waals surface area contributed by atoms with Gasteiger partial charge in [0, 0.05) is 43.3 Å². The average molecular weight is 248 g/mol. The zero-order valence-corrected chi connectivity index (χ0v) is 12.7. The van der Waals surface area contributed by atoms with E-state index in [1.807, 2.05) is 0 Å². The van der Waals surface area contributed by atoms with Gasteiger partial charge in [-0.1, -0.05) is 12.2 Å². The molecule has 2 aliphatic heterocycles. The van der Waals surface area contributed by atoms with Crippen LogP contribution in [0.4, 0.5) is 0 Å². The lowest BCUT2D eigenvalue weighted by atomic mass is 9.89. The molecule has 0 spiro atoms. The molecule has 2 aliphatic rings. The first-order valence-corrected chi connectivity index (χ1v) is 7.18. The molecule has 0 atom stereocenters. The summed E-state index contributed by atoms with van der Waals surface area (Å²) in [6, 6.07) is 0.566. The van der Waals surface area contributed by atoms with E-state index in [-0.39, 0.29) is 5.54 Å². The molecular formula is C16H28N2. The summed E-state index contributed by atoms with van der Waals surface area (Å²) in [6.07, 6.45) is 2.34. The molecule has 0 N–H and O–H groups in total. The molecule has 0 aliphatic carbocycles. The molecule has 0 amide bonds. The van der Waals surface area contributed by atoms with Crippen molar-refractivity contribution in [1.82, 2.24) is 9.80 Å². The number of nitrogens with zero attached hydrogens (tertiary/aromatic N) is 2. The Bertz CT molecular complexity index is 371. The lowest BCUT2D eigenvalue weighted by Crippen LogP contribution is -2.48. The largest absolute Gasteiger partial charge is 0.369 e. The van der Waals surface area contributed by atoms with Gasteiger partial charge in [0.2, 0.25) is 0 Å². The highest BCUT2D eigenvalue weighted by Crippen LogP contribution is 2.33. The Morgan fingerprint density at radius 1 is 1.11 bits per heavy atom. The normalized spacial score (nSPS) is 22.8. The van der Waals surface area contributed by atoms with Crippen molar-refractivity contribution >= 4 is 0 Å². The second kappa shape index (κ2) is 4.73. The first kappa shape index (κ1) is 13.7. The molecule has 2 rings (SSSR count). The molecule has 0 aromatic rings. The van der Waals surface area contributed by atoms with Crippen LogP contribution in [-0.2, 0) is 0 Å². The molecule has 0 fully saturated rings. The van der Waals surface area contributed by atoms with Gasteiger partial charge in [-0.25, -0.2) is 0 Å². The van der Waals surface area contributed by atoms with Crippen LogP contribution in [0.3, 0.4) is 0 Å². The zero-order valence-electron chi connectivity index (χ0n) is 12.7. The standard InChI is InChI=1S/C16H28N2/c1-12(2)18-11-15-10-17(16(4,5)6)8-7-14(15)9-13(18)3/h12H,3,7-11H2,1-2,4-6H3. The molecule has 0 unspecified atom stereocenters. The highest BCUT2D eigenvalue weighted by atomic mass is 15.2. The molecule has 0 aromatic heterocycles. The number of hydrogen-bond donors (Lipinski definition) is 0. The number of allylic oxidation sites excluding steroid dienone is 1. The Kier molecular flexibility index (Phi) is 3.59. The van der Waals surface area contributed by atoms with Gasteiger partial charge in [0.05, 0.1) is 0 Å². The fourth-order valence-corrected chi connectivity index (χ4v) is 3.03. The van der Waals surface area contributed by atoms with Crippen LogP contribution in [-0.4, -0.2) is 41.0 Å². The Hall–Kier alpha value is -0.760. The Morgan fingerprint density at radius 3 is 2.33 bits per heavy atom. The zero-order chi connectivity index (χ0) is 13.5. The third-order valence-electron chi connectivity index (χ3n) is 4.32. The predicted octanol–water partition coefficient (Wildman–Crippen LogP) is 3.42. The minimum Gasteiger partial charge on any atom is -0.369 e. The molecule has 2 nitrogen and oxygen atoms in total. The summed E-state index contributed by atoms with van der Waals surface area (Å²) in [6.45, 7) is 19.2. The quantitative estimate of drug-likeness (QED) is 0.656. The molecular weight excluding hydrogens is 220 g/mol. The van der Waals surface area contributed by atoms with Crippen molar-refractivity contribution < 1.29 is 0 Å². The fourth-order valence-electron chi connectivity index (χ4n) is 3.03. The molecule has 0 saturated carbocycles. The second-order valence-electron chi connectivity index (χ2n) is 7.01. The SMILES string of the molecule is C=C1CC2=C(CN1C(C)C)CN(C(C)(C)C)CC2. The van der Waals surface area contributed by atoms with Crippen LogP contribution in [0.1, 0.15) is 47.5 Å². The fraction of sp³-hybridized carbons (Fsp3) is 0.750. The van der Waals surface area contributed by atoms with Gasteiger partial charge >= 0.3 is 0 Å². The van der Waals surface area contributed by atoms with Crippen molar-refractivity contribution in [1.29, 1.82) is 0 Å². The molecule has 18 heavy (non-hydrogen) atoms. The van der Waals surface area contributed by atoms with E-state index in [0.717, 1.165) is 19.5 Å². The molecule has 2 heterocycles. The Labute approximate surface area is 112 Å². The third-order valence-corrected chi connectivity index (χ3v) is 4.32. The average Bonchev–Trinajstić information content (AvgIpc) is 2.25. The van der Waals surface area contributed by atoms with Gasteiger partial charge in [-0.3, -0.25) is 4.90 Å². The number of hydrogen-bond acceptors (Lipinski definition) is 2. The Morgan fingerprint density at radius 2 is 1.78 bits per heavy atom. The van der Waals surface area contributed by atoms with Gasteiger partial charge in [-0.05, 0) is 46.6 Å². The van der Waals surface area contributed by atoms with Gasteiger partial charge in [0.1, 0.15) is 0 Å². The molecule has 2 heteroatoms. The van der Waals surface area contributed by atoms with Crippen molar-refractivity contribution in [3.05, 3.63) is 23.4 Å². The topological polar surface area (TPSA) is 6.48 Å². The first-order valence-electron chi connectivity index (χ1n) is 7.18. The van der Waals surface area contributed by atoms with Crippen LogP contribution in [0.2, 0.25) is 0 Å².